The van der Waals surface area contributed by atoms with Crippen molar-refractivity contribution in [2.45, 2.75) is 26.2 Å². The van der Waals surface area contributed by atoms with Gasteiger partial charge in [-0.05, 0) is 19.3 Å². The molecule has 10 nitrogen and oxygen atoms in total. The number of rotatable bonds is 3. The average molecular weight is 326 g/mol. The first-order valence-corrected chi connectivity index (χ1v) is 7.18. The van der Waals surface area contributed by atoms with Gasteiger partial charge in [0.05, 0.1) is 6.07 Å². The third-order valence-corrected chi connectivity index (χ3v) is 3.12. The summed E-state index contributed by atoms with van der Waals surface area (Å²) < 4.78 is 0.438. The number of anilines is 3. The highest BCUT2D eigenvalue weighted by Gasteiger charge is 2.16. The number of carbonyl (C=O) groups is 2. The second kappa shape index (κ2) is 8.61. The fraction of sp³-hybridized carbons (Fsp3) is 0.538. The van der Waals surface area contributed by atoms with Gasteiger partial charge in [-0.15, -0.1) is 0 Å². The summed E-state index contributed by atoms with van der Waals surface area (Å²) in [6, 6.07) is 1.58. The molecule has 0 radical (unpaired) electrons. The molecule has 1 aromatic heterocycles. The van der Waals surface area contributed by atoms with Gasteiger partial charge in [0.25, 0.3) is 0 Å². The van der Waals surface area contributed by atoms with Gasteiger partial charge in [0.2, 0.25) is 5.91 Å². The van der Waals surface area contributed by atoms with Crippen LogP contribution in [-0.2, 0) is 9.59 Å². The van der Waals surface area contributed by atoms with Gasteiger partial charge in [0, 0.05) is 20.0 Å². The van der Waals surface area contributed by atoms with Crippen molar-refractivity contribution in [2.75, 3.05) is 36.0 Å². The number of carboxylic acid groups (broad SMARTS) is 1. The van der Waals surface area contributed by atoms with Crippen LogP contribution in [0, 0.1) is 5.21 Å². The molecule has 1 aromatic rings. The van der Waals surface area contributed by atoms with Crippen molar-refractivity contribution < 1.29 is 19.4 Å². The number of aliphatic carboxylic acids is 1. The molecule has 1 aliphatic rings. The van der Waals surface area contributed by atoms with E-state index in [1.807, 2.05) is 0 Å². The molecule has 6 N–H and O–H groups in total. The molecule has 1 aliphatic heterocycles. The maximum absolute atomic E-state index is 11.2. The summed E-state index contributed by atoms with van der Waals surface area (Å²) in [7, 11) is 0. The Morgan fingerprint density at radius 3 is 2.43 bits per heavy atom. The topological polar surface area (TPSA) is 162 Å². The molecule has 0 aromatic carbocycles. The number of hydrogen-bond acceptors (Lipinski definition) is 7. The number of amides is 1. The monoisotopic (exact) mass is 326 g/mol. The average Bonchev–Trinajstić information content (AvgIpc) is 2.51. The minimum atomic E-state index is -1.03. The van der Waals surface area contributed by atoms with Gasteiger partial charge >= 0.3 is 11.9 Å². The third-order valence-electron chi connectivity index (χ3n) is 3.12. The molecule has 1 fully saturated rings. The Kier molecular flexibility index (Phi) is 6.84. The molecule has 23 heavy (non-hydrogen) atoms. The Morgan fingerprint density at radius 1 is 1.39 bits per heavy atom. The molecule has 1 amide bonds. The number of nitrogens with zero attached hydrogens (tertiary/aromatic N) is 3. The Morgan fingerprint density at radius 2 is 2.00 bits per heavy atom. The highest BCUT2D eigenvalue weighted by atomic mass is 16.5. The highest BCUT2D eigenvalue weighted by Crippen LogP contribution is 2.18. The fourth-order valence-corrected chi connectivity index (χ4v) is 2.00. The van der Waals surface area contributed by atoms with Crippen molar-refractivity contribution >= 4 is 29.5 Å². The van der Waals surface area contributed by atoms with Gasteiger partial charge in [-0.3, -0.25) is 9.59 Å². The molecule has 10 heteroatoms. The van der Waals surface area contributed by atoms with Crippen molar-refractivity contribution in [3.8, 4) is 0 Å². The number of aromatic nitrogens is 2. The minimum Gasteiger partial charge on any atom is -0.754 e. The Labute approximate surface area is 133 Å². The summed E-state index contributed by atoms with van der Waals surface area (Å²) in [5, 5.41) is 21.2. The molecular weight excluding hydrogens is 304 g/mol. The first kappa shape index (κ1) is 18.3. The number of carbonyl (C=O) groups excluding carboxylic acids is 1. The maximum atomic E-state index is 11.2. The second-order valence-corrected chi connectivity index (χ2v) is 5.04. The standard InChI is InChI=1S/C9H15N5O.C4H7NO3/c10-7-6-8(12-9(11)14(7)15)13-4-2-1-3-5-13;1-3(6)5-2-4(7)8/h6H,1-5,10H2,(H2,11,12);2H2,1H3,(H,5,6)(H,7,8). The number of nitrogen functional groups attached to an aromatic ring is 2. The molecular formula is C13H22N6O4. The van der Waals surface area contributed by atoms with Crippen molar-refractivity contribution in [3.05, 3.63) is 11.3 Å². The van der Waals surface area contributed by atoms with E-state index in [0.717, 1.165) is 25.9 Å². The summed E-state index contributed by atoms with van der Waals surface area (Å²) in [5.74, 6) is -0.636. The van der Waals surface area contributed by atoms with Gasteiger partial charge < -0.3 is 32.0 Å². The largest absolute Gasteiger partial charge is 0.754 e. The van der Waals surface area contributed by atoms with Crippen molar-refractivity contribution in [3.63, 3.8) is 0 Å². The van der Waals surface area contributed by atoms with E-state index in [9.17, 15) is 14.8 Å². The van der Waals surface area contributed by atoms with Crippen molar-refractivity contribution in [2.24, 2.45) is 0 Å². The SMILES string of the molecule is CC(=O)NCC(=O)O.Nc1cc(N2CCCCC2)nc(N)[n+]1[O-]. The van der Waals surface area contributed by atoms with Gasteiger partial charge in [-0.25, -0.2) is 4.73 Å². The zero-order valence-electron chi connectivity index (χ0n) is 13.0. The first-order chi connectivity index (χ1) is 10.8. The third kappa shape index (κ3) is 6.24. The van der Waals surface area contributed by atoms with Crippen molar-refractivity contribution in [1.82, 2.24) is 10.3 Å². The van der Waals surface area contributed by atoms with Crippen LogP contribution >= 0.6 is 0 Å². The van der Waals surface area contributed by atoms with E-state index in [0.29, 0.717) is 10.5 Å². The zero-order chi connectivity index (χ0) is 17.4. The smallest absolute Gasteiger partial charge is 0.346 e. The van der Waals surface area contributed by atoms with Crippen LogP contribution in [0.3, 0.4) is 0 Å². The predicted octanol–water partition coefficient (Wildman–Crippen LogP) is -0.923. The van der Waals surface area contributed by atoms with Crippen LogP contribution in [0.2, 0.25) is 0 Å². The lowest BCUT2D eigenvalue weighted by Gasteiger charge is -2.26. The number of nitrogens with one attached hydrogen (secondary N) is 1. The molecule has 128 valence electrons. The van der Waals surface area contributed by atoms with Crippen LogP contribution in [0.15, 0.2) is 6.07 Å². The Bertz CT molecular complexity index is 522. The molecule has 0 aliphatic carbocycles. The summed E-state index contributed by atoms with van der Waals surface area (Å²) >= 11 is 0. The minimum absolute atomic E-state index is 0.0874. The van der Waals surface area contributed by atoms with Crippen LogP contribution < -0.4 is 26.4 Å². The predicted molar refractivity (Wildman–Crippen MR) is 84.4 cm³/mol. The summed E-state index contributed by atoms with van der Waals surface area (Å²) in [4.78, 5) is 25.8. The van der Waals surface area contributed by atoms with Gasteiger partial charge in [0.1, 0.15) is 6.54 Å². The van der Waals surface area contributed by atoms with E-state index in [1.54, 1.807) is 6.07 Å². The summed E-state index contributed by atoms with van der Waals surface area (Å²) in [6.45, 7) is 2.88. The molecule has 0 atom stereocenters. The van der Waals surface area contributed by atoms with Gasteiger partial charge in [0.15, 0.2) is 11.6 Å². The fourth-order valence-electron chi connectivity index (χ4n) is 2.00. The Hall–Kier alpha value is -2.78. The molecule has 0 unspecified atom stereocenters. The molecule has 2 heterocycles. The highest BCUT2D eigenvalue weighted by molar-refractivity contribution is 5.79. The zero-order valence-corrected chi connectivity index (χ0v) is 13.0. The molecule has 0 saturated carbocycles. The second-order valence-electron chi connectivity index (χ2n) is 5.04. The number of nitrogens with two attached hydrogens (primary N) is 2. The van der Waals surface area contributed by atoms with E-state index < -0.39 is 5.97 Å². The summed E-state index contributed by atoms with van der Waals surface area (Å²) in [5.41, 5.74) is 11.0. The molecule has 1 saturated heterocycles. The van der Waals surface area contributed by atoms with Gasteiger partial charge in [-0.1, -0.05) is 4.98 Å². The molecule has 0 bridgehead atoms. The van der Waals surface area contributed by atoms with E-state index in [4.69, 9.17) is 16.6 Å². The van der Waals surface area contributed by atoms with Crippen LogP contribution in [0.5, 0.6) is 0 Å². The van der Waals surface area contributed by atoms with Crippen LogP contribution in [0.1, 0.15) is 26.2 Å². The van der Waals surface area contributed by atoms with Crippen LogP contribution in [-0.4, -0.2) is 41.6 Å². The quantitative estimate of drug-likeness (QED) is 0.409. The summed E-state index contributed by atoms with van der Waals surface area (Å²) in [6.07, 6.45) is 3.54. The maximum Gasteiger partial charge on any atom is 0.346 e. The lowest BCUT2D eigenvalue weighted by atomic mass is 10.1. The van der Waals surface area contributed by atoms with Crippen LogP contribution in [0.4, 0.5) is 17.6 Å². The van der Waals surface area contributed by atoms with E-state index in [2.05, 4.69) is 15.2 Å². The number of carboxylic acids is 1. The number of hydrogen-bond donors (Lipinski definition) is 4. The van der Waals surface area contributed by atoms with E-state index >= 15 is 0 Å². The lowest BCUT2D eigenvalue weighted by molar-refractivity contribution is -0.576. The van der Waals surface area contributed by atoms with E-state index in [-0.39, 0.29) is 24.2 Å². The normalized spacial score (nSPS) is 13.7. The van der Waals surface area contributed by atoms with Crippen molar-refractivity contribution in [1.29, 1.82) is 0 Å². The molecule has 2 rings (SSSR count). The van der Waals surface area contributed by atoms with Gasteiger partial charge in [-0.2, -0.15) is 0 Å². The number of piperidine rings is 1. The first-order valence-electron chi connectivity index (χ1n) is 7.18. The lowest BCUT2D eigenvalue weighted by Crippen LogP contribution is -2.38. The molecule has 0 spiro atoms. The van der Waals surface area contributed by atoms with Crippen LogP contribution in [0.25, 0.3) is 0 Å². The Balaban J connectivity index is 0.000000284. The van der Waals surface area contributed by atoms with E-state index in [1.165, 1.54) is 13.3 Å².